The van der Waals surface area contributed by atoms with Crippen LogP contribution in [0.5, 0.6) is 5.75 Å². The van der Waals surface area contributed by atoms with Gasteiger partial charge in [-0.2, -0.15) is 0 Å². The molecule has 0 aromatic heterocycles. The molecule has 88 valence electrons. The lowest BCUT2D eigenvalue weighted by Gasteiger charge is -2.14. The highest BCUT2D eigenvalue weighted by Gasteiger charge is 2.08. The minimum atomic E-state index is 0.0794. The molecule has 0 saturated carbocycles. The van der Waals surface area contributed by atoms with Gasteiger partial charge in [-0.05, 0) is 47.5 Å². The highest BCUT2D eigenvalue weighted by molar-refractivity contribution is 9.10. The van der Waals surface area contributed by atoms with Crippen molar-refractivity contribution in [1.82, 2.24) is 0 Å². The van der Waals surface area contributed by atoms with E-state index in [1.165, 1.54) is 0 Å². The maximum Gasteiger partial charge on any atom is 0.170 e. The molecule has 1 rings (SSSR count). The van der Waals surface area contributed by atoms with E-state index in [4.69, 9.17) is 15.7 Å². The Hall–Kier alpha value is -1.23. The van der Waals surface area contributed by atoms with Gasteiger partial charge in [0.15, 0.2) is 5.84 Å². The lowest BCUT2D eigenvalue weighted by Crippen LogP contribution is -2.14. The molecule has 0 saturated heterocycles. The number of ether oxygens (including phenoxy) is 1. The molecule has 1 unspecified atom stereocenters. The van der Waals surface area contributed by atoms with Crippen LogP contribution in [0.4, 0.5) is 0 Å². The average Bonchev–Trinajstić information content (AvgIpc) is 2.30. The van der Waals surface area contributed by atoms with Gasteiger partial charge < -0.3 is 15.7 Å². The molecule has 1 atom stereocenters. The van der Waals surface area contributed by atoms with Crippen LogP contribution in [0.2, 0.25) is 0 Å². The standard InChI is InChI=1S/C11H15BrN2O2/c1-3-7(2)16-10-5-4-8(6-9(10)12)11(13)14-15/h4-7,15H,3H2,1-2H3,(H2,13,14). The van der Waals surface area contributed by atoms with Crippen LogP contribution in [-0.2, 0) is 0 Å². The largest absolute Gasteiger partial charge is 0.490 e. The number of benzene rings is 1. The van der Waals surface area contributed by atoms with Crippen molar-refractivity contribution < 1.29 is 9.94 Å². The molecule has 3 N–H and O–H groups in total. The Morgan fingerprint density at radius 1 is 1.62 bits per heavy atom. The zero-order valence-corrected chi connectivity index (χ0v) is 10.9. The summed E-state index contributed by atoms with van der Waals surface area (Å²) in [7, 11) is 0. The van der Waals surface area contributed by atoms with E-state index in [2.05, 4.69) is 28.0 Å². The van der Waals surface area contributed by atoms with Crippen LogP contribution in [0, 0.1) is 0 Å². The molecule has 0 spiro atoms. The maximum atomic E-state index is 8.55. The fourth-order valence-electron chi connectivity index (χ4n) is 1.11. The quantitative estimate of drug-likeness (QED) is 0.387. The van der Waals surface area contributed by atoms with Gasteiger partial charge in [0.05, 0.1) is 10.6 Å². The zero-order valence-electron chi connectivity index (χ0n) is 9.27. The molecule has 0 radical (unpaired) electrons. The van der Waals surface area contributed by atoms with E-state index in [-0.39, 0.29) is 11.9 Å². The van der Waals surface area contributed by atoms with Gasteiger partial charge in [-0.15, -0.1) is 0 Å². The first-order valence-corrected chi connectivity index (χ1v) is 5.81. The summed E-state index contributed by atoms with van der Waals surface area (Å²) in [4.78, 5) is 0. The molecular formula is C11H15BrN2O2. The maximum absolute atomic E-state index is 8.55. The van der Waals surface area contributed by atoms with E-state index in [1.54, 1.807) is 18.2 Å². The minimum Gasteiger partial charge on any atom is -0.490 e. The second-order valence-corrected chi connectivity index (χ2v) is 4.32. The smallest absolute Gasteiger partial charge is 0.170 e. The molecule has 0 aliphatic rings. The van der Waals surface area contributed by atoms with Gasteiger partial charge >= 0.3 is 0 Å². The average molecular weight is 287 g/mol. The number of hydrogen-bond acceptors (Lipinski definition) is 3. The van der Waals surface area contributed by atoms with Crippen molar-refractivity contribution in [1.29, 1.82) is 0 Å². The minimum absolute atomic E-state index is 0.0794. The third-order valence-corrected chi connectivity index (χ3v) is 2.86. The van der Waals surface area contributed by atoms with Crippen LogP contribution in [0.1, 0.15) is 25.8 Å². The van der Waals surface area contributed by atoms with Crippen molar-refractivity contribution in [3.63, 3.8) is 0 Å². The fourth-order valence-corrected chi connectivity index (χ4v) is 1.59. The Kier molecular flexibility index (Phi) is 4.61. The van der Waals surface area contributed by atoms with Crippen molar-refractivity contribution in [2.24, 2.45) is 10.9 Å². The van der Waals surface area contributed by atoms with Crippen LogP contribution in [0.3, 0.4) is 0 Å². The van der Waals surface area contributed by atoms with Crippen LogP contribution in [0.25, 0.3) is 0 Å². The number of nitrogens with zero attached hydrogens (tertiary/aromatic N) is 1. The summed E-state index contributed by atoms with van der Waals surface area (Å²) in [6.45, 7) is 4.06. The Bertz CT molecular complexity index is 394. The predicted molar refractivity (Wildman–Crippen MR) is 67.0 cm³/mol. The van der Waals surface area contributed by atoms with Crippen LogP contribution in [-0.4, -0.2) is 17.1 Å². The van der Waals surface area contributed by atoms with Crippen LogP contribution >= 0.6 is 15.9 Å². The Morgan fingerprint density at radius 3 is 2.81 bits per heavy atom. The van der Waals surface area contributed by atoms with Gasteiger partial charge in [0.25, 0.3) is 0 Å². The van der Waals surface area contributed by atoms with Crippen molar-refractivity contribution in [2.45, 2.75) is 26.4 Å². The molecule has 1 aromatic rings. The van der Waals surface area contributed by atoms with Gasteiger partial charge in [-0.3, -0.25) is 0 Å². The van der Waals surface area contributed by atoms with E-state index in [9.17, 15) is 0 Å². The molecule has 0 amide bonds. The molecule has 0 heterocycles. The number of nitrogens with two attached hydrogens (primary N) is 1. The van der Waals surface area contributed by atoms with Gasteiger partial charge in [0.2, 0.25) is 0 Å². The third-order valence-electron chi connectivity index (χ3n) is 2.24. The van der Waals surface area contributed by atoms with E-state index in [0.29, 0.717) is 5.56 Å². The van der Waals surface area contributed by atoms with Gasteiger partial charge in [0.1, 0.15) is 5.75 Å². The number of oxime groups is 1. The normalized spacial score (nSPS) is 13.6. The SMILES string of the molecule is CCC(C)Oc1ccc(/C(N)=N/O)cc1Br. The molecule has 4 nitrogen and oxygen atoms in total. The fraction of sp³-hybridized carbons (Fsp3) is 0.364. The zero-order chi connectivity index (χ0) is 12.1. The van der Waals surface area contributed by atoms with Gasteiger partial charge in [-0.1, -0.05) is 12.1 Å². The predicted octanol–water partition coefficient (Wildman–Crippen LogP) is 2.72. The summed E-state index contributed by atoms with van der Waals surface area (Å²) >= 11 is 3.39. The molecule has 1 aromatic carbocycles. The summed E-state index contributed by atoms with van der Waals surface area (Å²) in [6, 6.07) is 5.30. The number of halogens is 1. The second kappa shape index (κ2) is 5.75. The molecule has 0 bridgehead atoms. The molecular weight excluding hydrogens is 272 g/mol. The van der Waals surface area contributed by atoms with Crippen LogP contribution in [0.15, 0.2) is 27.8 Å². The lowest BCUT2D eigenvalue weighted by molar-refractivity contribution is 0.216. The van der Waals surface area contributed by atoms with E-state index in [0.717, 1.165) is 16.6 Å². The molecule has 0 aliphatic heterocycles. The monoisotopic (exact) mass is 286 g/mol. The highest BCUT2D eigenvalue weighted by atomic mass is 79.9. The first-order valence-electron chi connectivity index (χ1n) is 5.02. The Morgan fingerprint density at radius 2 is 2.31 bits per heavy atom. The first kappa shape index (κ1) is 12.8. The summed E-state index contributed by atoms with van der Waals surface area (Å²) in [5.74, 6) is 0.833. The topological polar surface area (TPSA) is 67.8 Å². The van der Waals surface area contributed by atoms with E-state index >= 15 is 0 Å². The molecule has 16 heavy (non-hydrogen) atoms. The van der Waals surface area contributed by atoms with Crippen molar-refractivity contribution >= 4 is 21.8 Å². The highest BCUT2D eigenvalue weighted by Crippen LogP contribution is 2.27. The first-order chi connectivity index (χ1) is 7.58. The number of hydrogen-bond donors (Lipinski definition) is 2. The summed E-state index contributed by atoms with van der Waals surface area (Å²) in [5.41, 5.74) is 6.12. The summed E-state index contributed by atoms with van der Waals surface area (Å²) in [5, 5.41) is 11.5. The second-order valence-electron chi connectivity index (χ2n) is 3.47. The van der Waals surface area contributed by atoms with E-state index < -0.39 is 0 Å². The molecule has 5 heteroatoms. The Balaban J connectivity index is 2.92. The van der Waals surface area contributed by atoms with Crippen molar-refractivity contribution in [3.05, 3.63) is 28.2 Å². The number of rotatable bonds is 4. The summed E-state index contributed by atoms with van der Waals surface area (Å²) in [6.07, 6.45) is 1.10. The lowest BCUT2D eigenvalue weighted by atomic mass is 10.2. The van der Waals surface area contributed by atoms with Gasteiger partial charge in [-0.25, -0.2) is 0 Å². The number of amidine groups is 1. The Labute approximate surface area is 103 Å². The van der Waals surface area contributed by atoms with Gasteiger partial charge in [0, 0.05) is 5.56 Å². The van der Waals surface area contributed by atoms with Crippen molar-refractivity contribution in [2.75, 3.05) is 0 Å². The summed E-state index contributed by atoms with van der Waals surface area (Å²) < 4.78 is 6.46. The van der Waals surface area contributed by atoms with Crippen molar-refractivity contribution in [3.8, 4) is 5.75 Å². The van der Waals surface area contributed by atoms with Crippen LogP contribution < -0.4 is 10.5 Å². The third kappa shape index (κ3) is 3.13. The molecule has 0 aliphatic carbocycles. The van der Waals surface area contributed by atoms with E-state index in [1.807, 2.05) is 6.92 Å². The molecule has 0 fully saturated rings.